The zero-order valence-corrected chi connectivity index (χ0v) is 15.5. The van der Waals surface area contributed by atoms with Crippen LogP contribution in [0.25, 0.3) is 0 Å². The van der Waals surface area contributed by atoms with Gasteiger partial charge in [0.15, 0.2) is 0 Å². The number of nitrogens with zero attached hydrogens (tertiary/aromatic N) is 1. The van der Waals surface area contributed by atoms with E-state index in [-0.39, 0.29) is 24.3 Å². The van der Waals surface area contributed by atoms with Crippen LogP contribution in [0.5, 0.6) is 0 Å². The summed E-state index contributed by atoms with van der Waals surface area (Å²) in [4.78, 5) is 27.4. The summed E-state index contributed by atoms with van der Waals surface area (Å²) in [5.74, 6) is 0.420. The van der Waals surface area contributed by atoms with Gasteiger partial charge in [-0.3, -0.25) is 9.59 Å². The Morgan fingerprint density at radius 2 is 1.59 bits per heavy atom. The molecule has 1 aliphatic heterocycles. The Labute approximate surface area is 160 Å². The van der Waals surface area contributed by atoms with Gasteiger partial charge >= 0.3 is 0 Å². The first-order valence-corrected chi connectivity index (χ1v) is 9.56. The monoisotopic (exact) mass is 365 g/mol. The molecule has 0 spiro atoms. The summed E-state index contributed by atoms with van der Waals surface area (Å²) in [5.41, 5.74) is 7.27. The molecular weight excluding hydrogens is 338 g/mol. The van der Waals surface area contributed by atoms with Gasteiger partial charge in [0.1, 0.15) is 0 Å². The number of piperidine rings is 1. The molecule has 1 fully saturated rings. The highest BCUT2D eigenvalue weighted by Gasteiger charge is 2.25. The average Bonchev–Trinajstić information content (AvgIpc) is 2.74. The van der Waals surface area contributed by atoms with Crippen LogP contribution in [0.2, 0.25) is 0 Å². The van der Waals surface area contributed by atoms with E-state index in [9.17, 15) is 9.59 Å². The van der Waals surface area contributed by atoms with Crippen molar-refractivity contribution in [2.75, 3.05) is 19.6 Å². The van der Waals surface area contributed by atoms with E-state index in [0.29, 0.717) is 18.0 Å². The zero-order chi connectivity index (χ0) is 19.1. The molecule has 3 N–H and O–H groups in total. The van der Waals surface area contributed by atoms with Crippen molar-refractivity contribution in [2.24, 2.45) is 11.7 Å². The van der Waals surface area contributed by atoms with E-state index in [1.54, 1.807) is 12.1 Å². The van der Waals surface area contributed by atoms with Gasteiger partial charge in [-0.05, 0) is 43.0 Å². The molecule has 1 atom stereocenters. The maximum Gasteiger partial charge on any atom is 0.251 e. The van der Waals surface area contributed by atoms with Crippen molar-refractivity contribution in [3.05, 3.63) is 71.8 Å². The van der Waals surface area contributed by atoms with Crippen molar-refractivity contribution >= 4 is 11.8 Å². The number of nitrogens with one attached hydrogen (secondary N) is 1. The second kappa shape index (κ2) is 9.33. The zero-order valence-electron chi connectivity index (χ0n) is 15.5. The van der Waals surface area contributed by atoms with Gasteiger partial charge in [-0.1, -0.05) is 48.5 Å². The van der Waals surface area contributed by atoms with Crippen molar-refractivity contribution in [1.82, 2.24) is 10.2 Å². The number of hydrogen-bond acceptors (Lipinski definition) is 3. The Kier molecular flexibility index (Phi) is 6.60. The molecule has 2 aromatic rings. The molecule has 0 unspecified atom stereocenters. The predicted molar refractivity (Wildman–Crippen MR) is 106 cm³/mol. The summed E-state index contributed by atoms with van der Waals surface area (Å²) in [6.45, 7) is 2.17. The summed E-state index contributed by atoms with van der Waals surface area (Å²) >= 11 is 0. The number of benzene rings is 2. The van der Waals surface area contributed by atoms with Crippen LogP contribution in [-0.2, 0) is 4.79 Å². The molecule has 27 heavy (non-hydrogen) atoms. The van der Waals surface area contributed by atoms with Gasteiger partial charge in [0.05, 0.1) is 12.5 Å². The van der Waals surface area contributed by atoms with Crippen molar-refractivity contribution in [3.63, 3.8) is 0 Å². The first-order valence-electron chi connectivity index (χ1n) is 9.56. The number of carbonyl (C=O) groups is 2. The topological polar surface area (TPSA) is 75.4 Å². The average molecular weight is 365 g/mol. The van der Waals surface area contributed by atoms with E-state index >= 15 is 0 Å². The van der Waals surface area contributed by atoms with Gasteiger partial charge in [0.2, 0.25) is 5.91 Å². The largest absolute Gasteiger partial charge is 0.345 e. The molecule has 5 heteroatoms. The van der Waals surface area contributed by atoms with Crippen LogP contribution in [0.3, 0.4) is 0 Å². The quantitative estimate of drug-likeness (QED) is 0.826. The maximum absolute atomic E-state index is 12.8. The number of hydrogen-bond donors (Lipinski definition) is 2. The smallest absolute Gasteiger partial charge is 0.251 e. The molecule has 0 saturated carbocycles. The number of nitrogens with two attached hydrogens (primary N) is 1. The van der Waals surface area contributed by atoms with Crippen LogP contribution >= 0.6 is 0 Å². The molecule has 2 amide bonds. The molecule has 0 aliphatic carbocycles. The van der Waals surface area contributed by atoms with Crippen LogP contribution < -0.4 is 11.1 Å². The summed E-state index contributed by atoms with van der Waals surface area (Å²) in [6.07, 6.45) is 2.17. The Morgan fingerprint density at radius 1 is 1.00 bits per heavy atom. The SMILES string of the molecule is NCC1CCN(C(=O)C[C@@H](NC(=O)c2ccccc2)c2ccccc2)CC1. The molecule has 1 heterocycles. The lowest BCUT2D eigenvalue weighted by molar-refractivity contribution is -0.133. The standard InChI is InChI=1S/C22H27N3O2/c23-16-17-11-13-25(14-12-17)21(26)15-20(18-7-3-1-4-8-18)24-22(27)19-9-5-2-6-10-19/h1-10,17,20H,11-16,23H2,(H,24,27)/t20-/m1/s1. The first kappa shape index (κ1) is 19.1. The van der Waals surface area contributed by atoms with Crippen LogP contribution in [0, 0.1) is 5.92 Å². The minimum atomic E-state index is -0.348. The van der Waals surface area contributed by atoms with Gasteiger partial charge in [0, 0.05) is 18.7 Å². The lowest BCUT2D eigenvalue weighted by Gasteiger charge is -2.32. The van der Waals surface area contributed by atoms with E-state index in [2.05, 4.69) is 5.32 Å². The number of rotatable bonds is 6. The van der Waals surface area contributed by atoms with Gasteiger partial charge in [-0.25, -0.2) is 0 Å². The molecule has 0 bridgehead atoms. The van der Waals surface area contributed by atoms with Crippen LogP contribution in [0.1, 0.15) is 41.2 Å². The summed E-state index contributed by atoms with van der Waals surface area (Å²) < 4.78 is 0. The third kappa shape index (κ3) is 5.17. The molecule has 0 radical (unpaired) electrons. The third-order valence-electron chi connectivity index (χ3n) is 5.22. The second-order valence-electron chi connectivity index (χ2n) is 7.07. The Bertz CT molecular complexity index is 741. The molecule has 0 aromatic heterocycles. The summed E-state index contributed by atoms with van der Waals surface area (Å²) in [6, 6.07) is 18.4. The number of likely N-dealkylation sites (tertiary alicyclic amines) is 1. The predicted octanol–water partition coefficient (Wildman–Crippen LogP) is 2.75. The fourth-order valence-corrected chi connectivity index (χ4v) is 3.49. The fourth-order valence-electron chi connectivity index (χ4n) is 3.49. The minimum Gasteiger partial charge on any atom is -0.345 e. The molecule has 5 nitrogen and oxygen atoms in total. The Hall–Kier alpha value is -2.66. The highest BCUT2D eigenvalue weighted by molar-refractivity contribution is 5.94. The Balaban J connectivity index is 1.69. The summed E-state index contributed by atoms with van der Waals surface area (Å²) in [7, 11) is 0. The van der Waals surface area contributed by atoms with Gasteiger partial charge in [-0.15, -0.1) is 0 Å². The van der Waals surface area contributed by atoms with E-state index in [4.69, 9.17) is 5.73 Å². The second-order valence-corrected chi connectivity index (χ2v) is 7.07. The molecule has 2 aromatic carbocycles. The fraction of sp³-hybridized carbons (Fsp3) is 0.364. The molecule has 1 aliphatic rings. The first-order chi connectivity index (χ1) is 13.2. The Morgan fingerprint density at radius 3 is 2.19 bits per heavy atom. The van der Waals surface area contributed by atoms with Crippen LogP contribution in [0.15, 0.2) is 60.7 Å². The minimum absolute atomic E-state index is 0.0766. The number of amides is 2. The van der Waals surface area contributed by atoms with E-state index in [1.807, 2.05) is 53.4 Å². The van der Waals surface area contributed by atoms with Crippen molar-refractivity contribution in [1.29, 1.82) is 0 Å². The molecule has 1 saturated heterocycles. The van der Waals surface area contributed by atoms with Crippen LogP contribution in [0.4, 0.5) is 0 Å². The highest BCUT2D eigenvalue weighted by Crippen LogP contribution is 2.22. The number of carbonyl (C=O) groups excluding carboxylic acids is 2. The molecular formula is C22H27N3O2. The molecule has 3 rings (SSSR count). The normalized spacial score (nSPS) is 16.0. The highest BCUT2D eigenvalue weighted by atomic mass is 16.2. The third-order valence-corrected chi connectivity index (χ3v) is 5.22. The van der Waals surface area contributed by atoms with E-state index in [1.165, 1.54) is 0 Å². The van der Waals surface area contributed by atoms with Crippen molar-refractivity contribution in [3.8, 4) is 0 Å². The van der Waals surface area contributed by atoms with Crippen LogP contribution in [-0.4, -0.2) is 36.3 Å². The van der Waals surface area contributed by atoms with Gasteiger partial charge in [-0.2, -0.15) is 0 Å². The summed E-state index contributed by atoms with van der Waals surface area (Å²) in [5, 5.41) is 3.03. The van der Waals surface area contributed by atoms with Gasteiger partial charge < -0.3 is 16.0 Å². The van der Waals surface area contributed by atoms with E-state index < -0.39 is 0 Å². The van der Waals surface area contributed by atoms with Crippen molar-refractivity contribution in [2.45, 2.75) is 25.3 Å². The lowest BCUT2D eigenvalue weighted by Crippen LogP contribution is -2.42. The maximum atomic E-state index is 12.8. The van der Waals surface area contributed by atoms with Crippen molar-refractivity contribution < 1.29 is 9.59 Å². The van der Waals surface area contributed by atoms with E-state index in [0.717, 1.165) is 31.5 Å². The lowest BCUT2D eigenvalue weighted by atomic mass is 9.96. The molecule has 142 valence electrons. The van der Waals surface area contributed by atoms with Gasteiger partial charge in [0.25, 0.3) is 5.91 Å².